The van der Waals surface area contributed by atoms with E-state index in [4.69, 9.17) is 4.74 Å². The number of imidazole rings is 1. The molecule has 0 spiro atoms. The Bertz CT molecular complexity index is 877. The van der Waals surface area contributed by atoms with E-state index in [9.17, 15) is 9.59 Å². The zero-order chi connectivity index (χ0) is 21.7. The average Bonchev–Trinajstić information content (AvgIpc) is 3.25. The number of hydrogen-bond donors (Lipinski definition) is 2. The molecule has 1 aromatic heterocycles. The van der Waals surface area contributed by atoms with E-state index in [1.165, 1.54) is 0 Å². The van der Waals surface area contributed by atoms with E-state index in [1.54, 1.807) is 4.90 Å². The van der Waals surface area contributed by atoms with Gasteiger partial charge in [0.1, 0.15) is 6.04 Å². The molecule has 1 atom stereocenters. The topological polar surface area (TPSA) is 88.5 Å². The fourth-order valence-corrected chi connectivity index (χ4v) is 3.64. The highest BCUT2D eigenvalue weighted by molar-refractivity contribution is 5.96. The van der Waals surface area contributed by atoms with Crippen molar-refractivity contribution in [3.8, 4) is 0 Å². The van der Waals surface area contributed by atoms with Gasteiger partial charge in [0.05, 0.1) is 17.1 Å². The third-order valence-corrected chi connectivity index (χ3v) is 5.06. The number of carbonyl (C=O) groups excluding carboxylic acids is 2. The summed E-state index contributed by atoms with van der Waals surface area (Å²) in [5.74, 6) is 0.742. The van der Waals surface area contributed by atoms with Crippen LogP contribution in [0.4, 0.5) is 10.7 Å². The molecule has 0 radical (unpaired) electrons. The second kappa shape index (κ2) is 9.93. The monoisotopic (exact) mass is 415 g/mol. The minimum absolute atomic E-state index is 0.158. The van der Waals surface area contributed by atoms with Gasteiger partial charge in [0.25, 0.3) is 0 Å². The summed E-state index contributed by atoms with van der Waals surface area (Å²) in [6.45, 7) is 10.4. The zero-order valence-electron chi connectivity index (χ0n) is 18.4. The number of rotatable bonds is 9. The number of carbonyl (C=O) groups is 2. The van der Waals surface area contributed by atoms with Crippen LogP contribution in [0.3, 0.4) is 0 Å². The second-order valence-electron chi connectivity index (χ2n) is 8.40. The van der Waals surface area contributed by atoms with Crippen molar-refractivity contribution >= 4 is 28.9 Å². The van der Waals surface area contributed by atoms with Gasteiger partial charge >= 0.3 is 6.03 Å². The van der Waals surface area contributed by atoms with Gasteiger partial charge in [0.15, 0.2) is 0 Å². The molecule has 1 aliphatic rings. The first kappa shape index (κ1) is 22.1. The number of amides is 3. The average molecular weight is 416 g/mol. The molecule has 0 bridgehead atoms. The van der Waals surface area contributed by atoms with Gasteiger partial charge in [-0.2, -0.15) is 0 Å². The molecule has 0 saturated carbocycles. The minimum atomic E-state index is -0.582. The Hall–Kier alpha value is -2.61. The Kier molecular flexibility index (Phi) is 7.31. The van der Waals surface area contributed by atoms with E-state index in [2.05, 4.69) is 15.6 Å². The molecule has 0 fully saturated rings. The lowest BCUT2D eigenvalue weighted by molar-refractivity contribution is -0.123. The zero-order valence-corrected chi connectivity index (χ0v) is 18.4. The summed E-state index contributed by atoms with van der Waals surface area (Å²) < 4.78 is 7.54. The molecule has 1 aliphatic heterocycles. The standard InChI is InChI=1S/C22H33N5O3/c1-15(2)14-18(20(28)23-10-7-13-30-16(3)4)25-22(29)27-12-11-26-19-9-6-5-8-17(19)24-21(26)27/h5-6,8-9,15-16,18H,7,10-14H2,1-4H3,(H,23,28)(H,25,29). The highest BCUT2D eigenvalue weighted by Crippen LogP contribution is 2.27. The first-order valence-corrected chi connectivity index (χ1v) is 10.8. The Balaban J connectivity index is 1.61. The van der Waals surface area contributed by atoms with Crippen molar-refractivity contribution in [2.24, 2.45) is 5.92 Å². The fraction of sp³-hybridized carbons (Fsp3) is 0.591. The Morgan fingerprint density at radius 2 is 1.93 bits per heavy atom. The number of ether oxygens (including phenoxy) is 1. The van der Waals surface area contributed by atoms with Gasteiger partial charge < -0.3 is 19.9 Å². The van der Waals surface area contributed by atoms with E-state index in [1.807, 2.05) is 56.5 Å². The van der Waals surface area contributed by atoms with E-state index < -0.39 is 6.04 Å². The fourth-order valence-electron chi connectivity index (χ4n) is 3.64. The number of hydrogen-bond acceptors (Lipinski definition) is 4. The summed E-state index contributed by atoms with van der Waals surface area (Å²) in [5, 5.41) is 5.85. The summed E-state index contributed by atoms with van der Waals surface area (Å²) >= 11 is 0. The van der Waals surface area contributed by atoms with Gasteiger partial charge in [0.2, 0.25) is 11.9 Å². The maximum atomic E-state index is 13.0. The molecule has 3 amide bonds. The van der Waals surface area contributed by atoms with Crippen LogP contribution in [-0.4, -0.2) is 53.3 Å². The van der Waals surface area contributed by atoms with Gasteiger partial charge in [-0.25, -0.2) is 9.78 Å². The van der Waals surface area contributed by atoms with Crippen LogP contribution < -0.4 is 15.5 Å². The summed E-state index contributed by atoms with van der Waals surface area (Å²) in [5.41, 5.74) is 1.88. The van der Waals surface area contributed by atoms with E-state index in [0.29, 0.717) is 38.6 Å². The van der Waals surface area contributed by atoms with Crippen molar-refractivity contribution in [3.63, 3.8) is 0 Å². The molecule has 2 aromatic rings. The van der Waals surface area contributed by atoms with Crippen molar-refractivity contribution in [2.75, 3.05) is 24.6 Å². The Morgan fingerprint density at radius 1 is 1.17 bits per heavy atom. The van der Waals surface area contributed by atoms with E-state index in [0.717, 1.165) is 17.5 Å². The molecular weight excluding hydrogens is 382 g/mol. The molecule has 8 heteroatoms. The van der Waals surface area contributed by atoms with Crippen LogP contribution in [0.15, 0.2) is 24.3 Å². The largest absolute Gasteiger partial charge is 0.379 e. The second-order valence-corrected chi connectivity index (χ2v) is 8.40. The van der Waals surface area contributed by atoms with Gasteiger partial charge in [-0.1, -0.05) is 26.0 Å². The number of para-hydroxylation sites is 2. The Morgan fingerprint density at radius 3 is 2.67 bits per heavy atom. The molecule has 0 aliphatic carbocycles. The van der Waals surface area contributed by atoms with Crippen molar-refractivity contribution in [1.82, 2.24) is 20.2 Å². The van der Waals surface area contributed by atoms with Gasteiger partial charge in [-0.3, -0.25) is 9.69 Å². The quantitative estimate of drug-likeness (QED) is 0.617. The number of fused-ring (bicyclic) bond motifs is 3. The maximum absolute atomic E-state index is 13.0. The van der Waals surface area contributed by atoms with Crippen molar-refractivity contribution in [1.29, 1.82) is 0 Å². The molecule has 1 aromatic carbocycles. The first-order chi connectivity index (χ1) is 14.4. The van der Waals surface area contributed by atoms with E-state index in [-0.39, 0.29) is 24.0 Å². The summed E-state index contributed by atoms with van der Waals surface area (Å²) in [4.78, 5) is 31.9. The summed E-state index contributed by atoms with van der Waals surface area (Å²) in [7, 11) is 0. The highest BCUT2D eigenvalue weighted by atomic mass is 16.5. The van der Waals surface area contributed by atoms with Gasteiger partial charge in [-0.15, -0.1) is 0 Å². The number of aromatic nitrogens is 2. The number of urea groups is 1. The van der Waals surface area contributed by atoms with Crippen LogP contribution in [0, 0.1) is 5.92 Å². The molecule has 30 heavy (non-hydrogen) atoms. The molecule has 2 N–H and O–H groups in total. The number of benzene rings is 1. The van der Waals surface area contributed by atoms with E-state index >= 15 is 0 Å². The predicted molar refractivity (Wildman–Crippen MR) is 118 cm³/mol. The van der Waals surface area contributed by atoms with Crippen LogP contribution in [0.1, 0.15) is 40.5 Å². The Labute approximate surface area is 178 Å². The lowest BCUT2D eigenvalue weighted by Gasteiger charge is -2.23. The molecule has 2 heterocycles. The number of nitrogens with one attached hydrogen (secondary N) is 2. The first-order valence-electron chi connectivity index (χ1n) is 10.8. The smallest absolute Gasteiger partial charge is 0.324 e. The predicted octanol–water partition coefficient (Wildman–Crippen LogP) is 2.91. The summed E-state index contributed by atoms with van der Waals surface area (Å²) in [6, 6.07) is 6.98. The summed E-state index contributed by atoms with van der Waals surface area (Å²) in [6.07, 6.45) is 1.49. The van der Waals surface area contributed by atoms with Gasteiger partial charge in [-0.05, 0) is 44.7 Å². The van der Waals surface area contributed by atoms with Crippen molar-refractivity contribution in [2.45, 2.75) is 59.2 Å². The third kappa shape index (κ3) is 5.30. The lowest BCUT2D eigenvalue weighted by Crippen LogP contribution is -2.51. The number of nitrogens with zero attached hydrogens (tertiary/aromatic N) is 3. The lowest BCUT2D eigenvalue weighted by atomic mass is 10.0. The molecule has 1 unspecified atom stereocenters. The third-order valence-electron chi connectivity index (χ3n) is 5.06. The highest BCUT2D eigenvalue weighted by Gasteiger charge is 2.31. The maximum Gasteiger partial charge on any atom is 0.324 e. The van der Waals surface area contributed by atoms with Crippen LogP contribution in [0.2, 0.25) is 0 Å². The van der Waals surface area contributed by atoms with Crippen LogP contribution in [0.25, 0.3) is 11.0 Å². The normalized spacial score (nSPS) is 14.4. The minimum Gasteiger partial charge on any atom is -0.379 e. The molecular formula is C22H33N5O3. The SMILES string of the molecule is CC(C)CC(NC(=O)N1CCn2c1nc1ccccc12)C(=O)NCCCOC(C)C. The molecule has 8 nitrogen and oxygen atoms in total. The molecule has 3 rings (SSSR count). The van der Waals surface area contributed by atoms with Gasteiger partial charge in [0, 0.05) is 26.2 Å². The molecule has 164 valence electrons. The van der Waals surface area contributed by atoms with Crippen LogP contribution in [0.5, 0.6) is 0 Å². The van der Waals surface area contributed by atoms with Crippen molar-refractivity contribution in [3.05, 3.63) is 24.3 Å². The van der Waals surface area contributed by atoms with Crippen LogP contribution in [-0.2, 0) is 16.1 Å². The van der Waals surface area contributed by atoms with Crippen LogP contribution >= 0.6 is 0 Å². The van der Waals surface area contributed by atoms with Crippen molar-refractivity contribution < 1.29 is 14.3 Å². The number of anilines is 1. The molecule has 0 saturated heterocycles.